The molecule has 1 aliphatic carbocycles. The molecule has 0 N–H and O–H groups in total. The fourth-order valence-corrected chi connectivity index (χ4v) is 7.16. The normalized spacial score (nSPS) is 13.1. The first-order chi connectivity index (χ1) is 23.1. The maximum atomic E-state index is 2.46. The standard InChI is InChI=1S/C24H27.C21H23.C2H6Si.2ClH.Zr/c1-24(2,3)21-13-11-18(12-14-21)22-10-6-9-19-15-20(16-23(19)22)17-7-4-5-8-17;1-14-10-17-11-15(2)13-20(17)19(12-14)16-6-8-18(9-7-16)21(3,4)5;1-3-2;;;/h6,9-17H,4-5,7-8H2,1-3H3;6-13H,1-5H3;1-2H3;2*1H;/q2*-1;;;;+2/p-2. The Morgan fingerprint density at radius 1 is 0.608 bits per heavy atom. The molecule has 0 radical (unpaired) electrons. The van der Waals surface area contributed by atoms with Crippen molar-refractivity contribution < 1.29 is 48.1 Å². The van der Waals surface area contributed by atoms with Gasteiger partial charge in [0.25, 0.3) is 0 Å². The molecule has 0 aliphatic heterocycles. The van der Waals surface area contributed by atoms with Crippen molar-refractivity contribution in [3.05, 3.63) is 131 Å². The predicted molar refractivity (Wildman–Crippen MR) is 216 cm³/mol. The second-order valence-corrected chi connectivity index (χ2v) is 26.0. The molecule has 6 aromatic carbocycles. The van der Waals surface area contributed by atoms with Crippen molar-refractivity contribution in [2.75, 3.05) is 0 Å². The van der Waals surface area contributed by atoms with Gasteiger partial charge in [-0.3, -0.25) is 0 Å². The van der Waals surface area contributed by atoms with Crippen LogP contribution < -0.4 is 24.8 Å². The zero-order chi connectivity index (χ0) is 35.5. The van der Waals surface area contributed by atoms with Gasteiger partial charge in [0.1, 0.15) is 0 Å². The van der Waals surface area contributed by atoms with Crippen LogP contribution in [0.4, 0.5) is 0 Å². The number of aryl methyl sites for hydroxylation is 2. The number of benzene rings is 4. The first kappa shape index (κ1) is 43.2. The summed E-state index contributed by atoms with van der Waals surface area (Å²) in [4.78, 5) is 0. The molecule has 4 heteroatoms. The Morgan fingerprint density at radius 3 is 1.61 bits per heavy atom. The second kappa shape index (κ2) is 18.2. The molecule has 1 fully saturated rings. The molecule has 0 unspecified atom stereocenters. The monoisotopic (exact) mass is 808 g/mol. The molecule has 0 nitrogen and oxygen atoms in total. The Kier molecular flexibility index (Phi) is 15.4. The SMILES string of the molecule is CC(C)(C)c1ccc(-c2cccc3[cH-]c(C4CCCC4)cc23)cc1.C[Si](C)=[Zr+2].Cc1cc(-c2ccc(C(C)(C)C)cc2)c2cc(C)[cH-]c2c1.[Cl-].[Cl-]. The van der Waals surface area contributed by atoms with Gasteiger partial charge in [0, 0.05) is 0 Å². The smallest absolute Gasteiger partial charge is 0.0132 e. The van der Waals surface area contributed by atoms with E-state index in [1.165, 1.54) is 91.7 Å². The molecule has 7 rings (SSSR count). The average molecular weight is 811 g/mol. The van der Waals surface area contributed by atoms with Crippen LogP contribution in [-0.2, 0) is 34.2 Å². The van der Waals surface area contributed by atoms with Crippen molar-refractivity contribution in [3.8, 4) is 22.3 Å². The first-order valence-electron chi connectivity index (χ1n) is 18.2. The minimum absolute atomic E-state index is 0. The van der Waals surface area contributed by atoms with Crippen molar-refractivity contribution in [2.24, 2.45) is 0 Å². The van der Waals surface area contributed by atoms with E-state index < -0.39 is 0 Å². The number of hydrogen-bond acceptors (Lipinski definition) is 0. The molecule has 0 spiro atoms. The second-order valence-electron chi connectivity index (χ2n) is 16.6. The van der Waals surface area contributed by atoms with E-state index in [-0.39, 0.29) is 41.1 Å². The van der Waals surface area contributed by atoms with E-state index >= 15 is 0 Å². The van der Waals surface area contributed by atoms with Gasteiger partial charge in [0.2, 0.25) is 0 Å². The van der Waals surface area contributed by atoms with Crippen molar-refractivity contribution in [1.29, 1.82) is 0 Å². The van der Waals surface area contributed by atoms with E-state index in [4.69, 9.17) is 0 Å². The van der Waals surface area contributed by atoms with Crippen LogP contribution in [0.1, 0.15) is 101 Å². The molecule has 0 amide bonds. The molecule has 0 heterocycles. The van der Waals surface area contributed by atoms with Gasteiger partial charge in [-0.25, -0.2) is 0 Å². The van der Waals surface area contributed by atoms with E-state index in [1.54, 1.807) is 28.9 Å². The van der Waals surface area contributed by atoms with Gasteiger partial charge in [0.15, 0.2) is 0 Å². The van der Waals surface area contributed by atoms with Gasteiger partial charge in [-0.05, 0) is 58.8 Å². The summed E-state index contributed by atoms with van der Waals surface area (Å²) < 4.78 is 0. The molecule has 1 saturated carbocycles. The third kappa shape index (κ3) is 11.1. The van der Waals surface area contributed by atoms with E-state index in [9.17, 15) is 0 Å². The zero-order valence-corrected chi connectivity index (χ0v) is 37.4. The third-order valence-corrected chi connectivity index (χ3v) is 9.83. The summed E-state index contributed by atoms with van der Waals surface area (Å²) >= 11 is 1.74. The molecule has 0 saturated heterocycles. The zero-order valence-electron chi connectivity index (χ0n) is 32.5. The number of rotatable bonds is 3. The molecule has 51 heavy (non-hydrogen) atoms. The summed E-state index contributed by atoms with van der Waals surface area (Å²) in [5.74, 6) is 0.786. The summed E-state index contributed by atoms with van der Waals surface area (Å²) in [6.07, 6.45) is 5.53. The van der Waals surface area contributed by atoms with Crippen LogP contribution in [0, 0.1) is 13.8 Å². The van der Waals surface area contributed by atoms with Crippen LogP contribution in [0.15, 0.2) is 103 Å². The van der Waals surface area contributed by atoms with Crippen LogP contribution in [-0.4, -0.2) is 5.43 Å². The number of halogens is 2. The van der Waals surface area contributed by atoms with Crippen LogP contribution in [0.5, 0.6) is 0 Å². The summed E-state index contributed by atoms with van der Waals surface area (Å²) in [5, 5.41) is 5.53. The Balaban J connectivity index is 0.000000243. The van der Waals surface area contributed by atoms with E-state index in [2.05, 4.69) is 172 Å². The summed E-state index contributed by atoms with van der Waals surface area (Å²) in [6.45, 7) is 22.5. The van der Waals surface area contributed by atoms with Gasteiger partial charge < -0.3 is 24.8 Å². The Morgan fingerprint density at radius 2 is 1.10 bits per heavy atom. The van der Waals surface area contributed by atoms with Crippen LogP contribution in [0.25, 0.3) is 43.8 Å². The van der Waals surface area contributed by atoms with E-state index in [1.807, 2.05) is 0 Å². The van der Waals surface area contributed by atoms with Crippen LogP contribution >= 0.6 is 0 Å². The minimum atomic E-state index is 0. The molecule has 0 atom stereocenters. The molecule has 6 aromatic rings. The van der Waals surface area contributed by atoms with Gasteiger partial charge >= 0.3 is 41.9 Å². The Labute approximate surface area is 336 Å². The summed E-state index contributed by atoms with van der Waals surface area (Å²) in [6, 6.07) is 39.0. The summed E-state index contributed by atoms with van der Waals surface area (Å²) in [5.41, 5.74) is 13.0. The minimum Gasteiger partial charge on any atom is -1.00 e. The topological polar surface area (TPSA) is 0 Å². The molecule has 1 aliphatic rings. The average Bonchev–Trinajstić information content (AvgIpc) is 3.79. The summed E-state index contributed by atoms with van der Waals surface area (Å²) in [7, 11) is 0. The number of fused-ring (bicyclic) bond motifs is 2. The predicted octanol–water partition coefficient (Wildman–Crippen LogP) is 8.11. The Bertz CT molecular complexity index is 2020. The van der Waals surface area contributed by atoms with Gasteiger partial charge in [0.05, 0.1) is 0 Å². The quantitative estimate of drug-likeness (QED) is 0.125. The van der Waals surface area contributed by atoms with Crippen molar-refractivity contribution in [3.63, 3.8) is 0 Å². The maximum Gasteiger partial charge on any atom is -0.0132 e. The fraction of sp³-hybridized carbons (Fsp3) is 0.362. The molecule has 268 valence electrons. The van der Waals surface area contributed by atoms with E-state index in [0.717, 1.165) is 5.92 Å². The molecule has 0 bridgehead atoms. The molecular formula is C47H56Cl2SiZr-2. The van der Waals surface area contributed by atoms with Crippen molar-refractivity contribution in [2.45, 2.75) is 111 Å². The van der Waals surface area contributed by atoms with Crippen LogP contribution in [0.2, 0.25) is 13.1 Å². The van der Waals surface area contributed by atoms with Crippen molar-refractivity contribution >= 4 is 27.0 Å². The molecule has 0 aromatic heterocycles. The van der Waals surface area contributed by atoms with Crippen molar-refractivity contribution in [1.82, 2.24) is 0 Å². The van der Waals surface area contributed by atoms with Gasteiger partial charge in [-0.15, -0.1) is 63.0 Å². The van der Waals surface area contributed by atoms with Gasteiger partial charge in [-0.2, -0.15) is 12.1 Å². The van der Waals surface area contributed by atoms with Gasteiger partial charge in [-0.1, -0.05) is 139 Å². The Hall–Kier alpha value is -2.22. The first-order valence-corrected chi connectivity index (χ1v) is 24.4. The fourth-order valence-electron chi connectivity index (χ4n) is 7.16. The van der Waals surface area contributed by atoms with E-state index in [0.29, 0.717) is 0 Å². The number of hydrogen-bond donors (Lipinski definition) is 0. The van der Waals surface area contributed by atoms with Crippen LogP contribution in [0.3, 0.4) is 0 Å². The molecular weight excluding hydrogens is 755 g/mol. The largest absolute Gasteiger partial charge is 1.00 e. The third-order valence-electron chi connectivity index (χ3n) is 9.83. The maximum absolute atomic E-state index is 2.46.